The number of amides is 1. The van der Waals surface area contributed by atoms with Gasteiger partial charge in [0.15, 0.2) is 0 Å². The van der Waals surface area contributed by atoms with Crippen molar-refractivity contribution in [3.8, 4) is 0 Å². The fraction of sp³-hybridized carbons (Fsp3) is 0.300. The molecule has 26 heavy (non-hydrogen) atoms. The van der Waals surface area contributed by atoms with Crippen LogP contribution in [-0.2, 0) is 18.3 Å². The van der Waals surface area contributed by atoms with Crippen molar-refractivity contribution in [2.75, 3.05) is 6.54 Å². The van der Waals surface area contributed by atoms with Crippen molar-refractivity contribution in [1.29, 1.82) is 0 Å². The average Bonchev–Trinajstić information content (AvgIpc) is 3.35. The van der Waals surface area contributed by atoms with Crippen molar-refractivity contribution >= 4 is 34.7 Å². The number of hydrogen-bond acceptors (Lipinski definition) is 4. The first-order chi connectivity index (χ1) is 12.6. The van der Waals surface area contributed by atoms with Crippen molar-refractivity contribution < 1.29 is 4.79 Å². The molecule has 0 spiro atoms. The maximum Gasteiger partial charge on any atom is 0.247 e. The summed E-state index contributed by atoms with van der Waals surface area (Å²) >= 11 is 3.51. The number of aryl methyl sites for hydroxylation is 2. The largest absolute Gasteiger partial charge is 0.327 e. The Morgan fingerprint density at radius 1 is 1.27 bits per heavy atom. The first kappa shape index (κ1) is 17.2. The van der Waals surface area contributed by atoms with Crippen LogP contribution in [0.4, 0.5) is 0 Å². The second-order valence-corrected chi connectivity index (χ2v) is 8.52. The molecule has 4 heterocycles. The molecule has 1 aliphatic heterocycles. The zero-order valence-corrected chi connectivity index (χ0v) is 16.7. The summed E-state index contributed by atoms with van der Waals surface area (Å²) in [6.45, 7) is 4.76. The van der Waals surface area contributed by atoms with E-state index in [0.29, 0.717) is 0 Å². The Morgan fingerprint density at radius 3 is 2.81 bits per heavy atom. The first-order valence-corrected chi connectivity index (χ1v) is 10.4. The second-order valence-electron chi connectivity index (χ2n) is 6.54. The Labute approximate surface area is 161 Å². The number of aromatic nitrogens is 2. The molecule has 0 bridgehead atoms. The van der Waals surface area contributed by atoms with E-state index in [0.717, 1.165) is 29.9 Å². The van der Waals surface area contributed by atoms with Crippen LogP contribution in [0.1, 0.15) is 38.3 Å². The van der Waals surface area contributed by atoms with Gasteiger partial charge in [0, 0.05) is 40.7 Å². The van der Waals surface area contributed by atoms with Crippen LogP contribution in [-0.4, -0.2) is 27.1 Å². The first-order valence-electron chi connectivity index (χ1n) is 8.65. The molecule has 4 nitrogen and oxygen atoms in total. The van der Waals surface area contributed by atoms with Gasteiger partial charge in [-0.25, -0.2) is 0 Å². The highest BCUT2D eigenvalue weighted by Crippen LogP contribution is 2.39. The molecule has 0 radical (unpaired) electrons. The van der Waals surface area contributed by atoms with Crippen LogP contribution in [0.2, 0.25) is 0 Å². The van der Waals surface area contributed by atoms with Crippen LogP contribution in [0, 0.1) is 13.8 Å². The molecule has 6 heteroatoms. The molecular formula is C20H21N3OS2. The van der Waals surface area contributed by atoms with E-state index in [1.165, 1.54) is 15.3 Å². The van der Waals surface area contributed by atoms with Gasteiger partial charge in [-0.1, -0.05) is 6.07 Å². The molecule has 0 saturated carbocycles. The molecule has 3 aromatic heterocycles. The van der Waals surface area contributed by atoms with Crippen molar-refractivity contribution in [3.05, 3.63) is 67.3 Å². The molecule has 1 atom stereocenters. The third kappa shape index (κ3) is 2.93. The van der Waals surface area contributed by atoms with E-state index in [2.05, 4.69) is 34.1 Å². The van der Waals surface area contributed by atoms with E-state index in [4.69, 9.17) is 0 Å². The van der Waals surface area contributed by atoms with Crippen molar-refractivity contribution in [2.24, 2.45) is 7.05 Å². The van der Waals surface area contributed by atoms with Gasteiger partial charge in [0.2, 0.25) is 5.91 Å². The monoisotopic (exact) mass is 383 g/mol. The van der Waals surface area contributed by atoms with Gasteiger partial charge in [-0.2, -0.15) is 5.10 Å². The normalized spacial score (nSPS) is 17.0. The Balaban J connectivity index is 1.65. The lowest BCUT2D eigenvalue weighted by atomic mass is 9.98. The fourth-order valence-electron chi connectivity index (χ4n) is 3.59. The number of fused-ring (bicyclic) bond motifs is 1. The molecule has 3 aromatic rings. The maximum absolute atomic E-state index is 13.1. The van der Waals surface area contributed by atoms with Crippen molar-refractivity contribution in [3.63, 3.8) is 0 Å². The summed E-state index contributed by atoms with van der Waals surface area (Å²) in [5.41, 5.74) is 4.32. The van der Waals surface area contributed by atoms with Gasteiger partial charge in [0.05, 0.1) is 11.7 Å². The lowest BCUT2D eigenvalue weighted by molar-refractivity contribution is -0.127. The van der Waals surface area contributed by atoms with Gasteiger partial charge < -0.3 is 4.90 Å². The van der Waals surface area contributed by atoms with Crippen LogP contribution in [0.3, 0.4) is 0 Å². The molecule has 134 valence electrons. The predicted octanol–water partition coefficient (Wildman–Crippen LogP) is 4.35. The number of rotatable bonds is 3. The number of thiophene rings is 2. The van der Waals surface area contributed by atoms with Gasteiger partial charge in [-0.05, 0) is 54.8 Å². The lowest BCUT2D eigenvalue weighted by Gasteiger charge is -2.34. The van der Waals surface area contributed by atoms with Crippen molar-refractivity contribution in [2.45, 2.75) is 26.3 Å². The molecule has 0 saturated heterocycles. The summed E-state index contributed by atoms with van der Waals surface area (Å²) in [5, 5.41) is 8.64. The third-order valence-electron chi connectivity index (χ3n) is 5.02. The Kier molecular flexibility index (Phi) is 4.54. The van der Waals surface area contributed by atoms with Crippen LogP contribution in [0.15, 0.2) is 35.0 Å². The molecule has 0 aliphatic carbocycles. The van der Waals surface area contributed by atoms with Crippen LogP contribution < -0.4 is 0 Å². The molecule has 0 fully saturated rings. The van der Waals surface area contributed by atoms with Crippen LogP contribution in [0.25, 0.3) is 6.08 Å². The number of carbonyl (C=O) groups is 1. The molecular weight excluding hydrogens is 362 g/mol. The van der Waals surface area contributed by atoms with E-state index < -0.39 is 0 Å². The zero-order valence-electron chi connectivity index (χ0n) is 15.1. The smallest absolute Gasteiger partial charge is 0.247 e. The number of carbonyl (C=O) groups excluding carboxylic acids is 1. The Morgan fingerprint density at radius 2 is 2.12 bits per heavy atom. The summed E-state index contributed by atoms with van der Waals surface area (Å²) in [6, 6.07) is 6.38. The summed E-state index contributed by atoms with van der Waals surface area (Å²) in [6.07, 6.45) is 4.54. The molecule has 0 aromatic carbocycles. The maximum atomic E-state index is 13.1. The predicted molar refractivity (Wildman–Crippen MR) is 108 cm³/mol. The van der Waals surface area contributed by atoms with Gasteiger partial charge in [0.25, 0.3) is 0 Å². The second kappa shape index (κ2) is 6.85. The SMILES string of the molecule is Cc1nn(C)c(C)c1C=CC(=O)N1CCc2sccc2C1c1cccs1. The van der Waals surface area contributed by atoms with Gasteiger partial charge in [-0.15, -0.1) is 22.7 Å². The summed E-state index contributed by atoms with van der Waals surface area (Å²) in [7, 11) is 1.93. The standard InChI is InChI=1S/C20H21N3OS2/c1-13-15(14(2)22(3)21-13)6-7-19(24)23-10-8-17-16(9-12-26-17)20(23)18-5-4-11-25-18/h4-7,9,11-12,20H,8,10H2,1-3H3. The van der Waals surface area contributed by atoms with E-state index >= 15 is 0 Å². The van der Waals surface area contributed by atoms with Gasteiger partial charge in [-0.3, -0.25) is 9.48 Å². The Hall–Kier alpha value is -2.18. The van der Waals surface area contributed by atoms with Crippen molar-refractivity contribution in [1.82, 2.24) is 14.7 Å². The van der Waals surface area contributed by atoms with E-state index in [1.807, 2.05) is 36.6 Å². The lowest BCUT2D eigenvalue weighted by Crippen LogP contribution is -2.38. The van der Waals surface area contributed by atoms with E-state index in [9.17, 15) is 4.79 Å². The molecule has 1 aliphatic rings. The third-order valence-corrected chi connectivity index (χ3v) is 6.94. The average molecular weight is 384 g/mol. The fourth-order valence-corrected chi connectivity index (χ4v) is 5.35. The topological polar surface area (TPSA) is 38.1 Å². The van der Waals surface area contributed by atoms with Gasteiger partial charge >= 0.3 is 0 Å². The molecule has 1 amide bonds. The van der Waals surface area contributed by atoms with E-state index in [1.54, 1.807) is 28.7 Å². The number of nitrogens with zero attached hydrogens (tertiary/aromatic N) is 3. The highest BCUT2D eigenvalue weighted by Gasteiger charge is 2.32. The quantitative estimate of drug-likeness (QED) is 0.631. The van der Waals surface area contributed by atoms with Crippen LogP contribution in [0.5, 0.6) is 0 Å². The summed E-state index contributed by atoms with van der Waals surface area (Å²) in [4.78, 5) is 17.7. The minimum Gasteiger partial charge on any atom is -0.327 e. The highest BCUT2D eigenvalue weighted by atomic mass is 32.1. The summed E-state index contributed by atoms with van der Waals surface area (Å²) < 4.78 is 1.85. The zero-order chi connectivity index (χ0) is 18.3. The molecule has 1 unspecified atom stereocenters. The van der Waals surface area contributed by atoms with Gasteiger partial charge in [0.1, 0.15) is 0 Å². The minimum absolute atomic E-state index is 0.0262. The highest BCUT2D eigenvalue weighted by molar-refractivity contribution is 7.10. The Bertz CT molecular complexity index is 966. The summed E-state index contributed by atoms with van der Waals surface area (Å²) in [5.74, 6) is 0.0582. The van der Waals surface area contributed by atoms with E-state index in [-0.39, 0.29) is 11.9 Å². The number of hydrogen-bond donors (Lipinski definition) is 0. The molecule has 4 rings (SSSR count). The minimum atomic E-state index is 0.0262. The molecule has 0 N–H and O–H groups in total. The van der Waals surface area contributed by atoms with Crippen LogP contribution >= 0.6 is 22.7 Å².